The van der Waals surface area contributed by atoms with Gasteiger partial charge in [-0.2, -0.15) is 0 Å². The van der Waals surface area contributed by atoms with Crippen molar-refractivity contribution < 1.29 is 37.3 Å². The largest absolute Gasteiger partial charge is 0.756 e. The van der Waals surface area contributed by atoms with Gasteiger partial charge in [0, 0.05) is 13.0 Å². The van der Waals surface area contributed by atoms with E-state index in [1.165, 1.54) is 77.0 Å². The molecule has 0 aliphatic rings. The molecule has 0 saturated heterocycles. The molecule has 0 bridgehead atoms. The van der Waals surface area contributed by atoms with Crippen molar-refractivity contribution in [2.24, 2.45) is 0 Å². The number of allylic oxidation sites excluding steroid dienone is 4. The fourth-order valence-electron chi connectivity index (χ4n) is 5.17. The number of quaternary nitrogens is 1. The van der Waals surface area contributed by atoms with Gasteiger partial charge < -0.3 is 27.9 Å². The van der Waals surface area contributed by atoms with Crippen molar-refractivity contribution in [3.05, 3.63) is 24.3 Å². The first-order valence-corrected chi connectivity index (χ1v) is 21.0. The molecular weight excluding hydrogens is 625 g/mol. The van der Waals surface area contributed by atoms with E-state index in [0.29, 0.717) is 24.1 Å². The van der Waals surface area contributed by atoms with Crippen molar-refractivity contribution in [2.45, 2.75) is 168 Å². The first kappa shape index (κ1) is 47.0. The van der Waals surface area contributed by atoms with Crippen LogP contribution < -0.4 is 4.89 Å². The summed E-state index contributed by atoms with van der Waals surface area (Å²) in [6.07, 6.45) is 34.6. The monoisotopic (exact) mass is 702 g/mol. The molecule has 0 aromatic heterocycles. The molecule has 0 fully saturated rings. The fourth-order valence-corrected chi connectivity index (χ4v) is 5.90. The number of phosphoric ester groups is 1. The second kappa shape index (κ2) is 33.1. The number of esters is 1. The standard InChI is InChI=1S/C39H76NO7P/c1-6-8-10-12-14-16-18-20-22-24-26-28-30-32-39(41)47-38(37-46-48(42,43)45-35-33-40(3,4)5)36-44-34-31-29-27-25-23-21-19-17-15-13-11-9-7-2/h10,12,16,18,38H,6-9,11,13-15,17,19-37H2,1-5H3/b12-10-,18-16-. The van der Waals surface area contributed by atoms with Gasteiger partial charge in [0.2, 0.25) is 0 Å². The Morgan fingerprint density at radius 1 is 0.646 bits per heavy atom. The molecule has 0 aromatic rings. The summed E-state index contributed by atoms with van der Waals surface area (Å²) in [7, 11) is 1.35. The molecule has 9 heteroatoms. The van der Waals surface area contributed by atoms with E-state index in [-0.39, 0.29) is 25.8 Å². The van der Waals surface area contributed by atoms with Gasteiger partial charge in [0.25, 0.3) is 7.82 Å². The van der Waals surface area contributed by atoms with Gasteiger partial charge in [-0.25, -0.2) is 0 Å². The Morgan fingerprint density at radius 2 is 1.19 bits per heavy atom. The maximum atomic E-state index is 12.6. The van der Waals surface area contributed by atoms with Crippen molar-refractivity contribution >= 4 is 13.8 Å². The predicted octanol–water partition coefficient (Wildman–Crippen LogP) is 10.2. The summed E-state index contributed by atoms with van der Waals surface area (Å²) in [6.45, 7) is 5.33. The topological polar surface area (TPSA) is 94.1 Å². The van der Waals surface area contributed by atoms with Crippen LogP contribution in [0.25, 0.3) is 0 Å². The van der Waals surface area contributed by atoms with Crippen molar-refractivity contribution in [3.63, 3.8) is 0 Å². The number of hydrogen-bond acceptors (Lipinski definition) is 7. The molecule has 2 unspecified atom stereocenters. The summed E-state index contributed by atoms with van der Waals surface area (Å²) in [6, 6.07) is 0. The first-order valence-electron chi connectivity index (χ1n) is 19.6. The van der Waals surface area contributed by atoms with Crippen LogP contribution in [0, 0.1) is 0 Å². The molecule has 0 amide bonds. The van der Waals surface area contributed by atoms with Crippen LogP contribution in [-0.2, 0) is 27.9 Å². The molecule has 0 rings (SSSR count). The zero-order chi connectivity index (χ0) is 35.6. The first-order chi connectivity index (χ1) is 23.1. The van der Waals surface area contributed by atoms with Crippen LogP contribution in [0.2, 0.25) is 0 Å². The van der Waals surface area contributed by atoms with Crippen LogP contribution in [0.15, 0.2) is 24.3 Å². The Bertz CT molecular complexity index is 828. The number of unbranched alkanes of at least 4 members (excludes halogenated alkanes) is 18. The molecule has 0 N–H and O–H groups in total. The molecule has 284 valence electrons. The van der Waals surface area contributed by atoms with E-state index < -0.39 is 13.9 Å². The Labute approximate surface area is 296 Å². The second-order valence-electron chi connectivity index (χ2n) is 14.3. The maximum absolute atomic E-state index is 12.6. The second-order valence-corrected chi connectivity index (χ2v) is 15.7. The average molecular weight is 702 g/mol. The van der Waals surface area contributed by atoms with Gasteiger partial charge in [-0.1, -0.05) is 141 Å². The van der Waals surface area contributed by atoms with Crippen molar-refractivity contribution in [2.75, 3.05) is 54.1 Å². The molecule has 0 saturated carbocycles. The summed E-state index contributed by atoms with van der Waals surface area (Å²) in [5.74, 6) is -0.348. The quantitative estimate of drug-likeness (QED) is 0.0211. The van der Waals surface area contributed by atoms with Gasteiger partial charge in [0.15, 0.2) is 0 Å². The number of rotatable bonds is 36. The van der Waals surface area contributed by atoms with Gasteiger partial charge in [-0.05, 0) is 38.5 Å². The number of carbonyl (C=O) groups excluding carboxylic acids is 1. The zero-order valence-corrected chi connectivity index (χ0v) is 32.8. The minimum Gasteiger partial charge on any atom is -0.756 e. The van der Waals surface area contributed by atoms with Gasteiger partial charge in [0.1, 0.15) is 19.3 Å². The number of ether oxygens (including phenoxy) is 2. The van der Waals surface area contributed by atoms with E-state index in [1.54, 1.807) is 0 Å². The third-order valence-corrected chi connectivity index (χ3v) is 9.20. The molecule has 0 aliphatic heterocycles. The highest BCUT2D eigenvalue weighted by Crippen LogP contribution is 2.38. The highest BCUT2D eigenvalue weighted by molar-refractivity contribution is 7.45. The van der Waals surface area contributed by atoms with E-state index in [0.717, 1.165) is 64.2 Å². The summed E-state index contributed by atoms with van der Waals surface area (Å²) in [5.41, 5.74) is 0. The molecule has 8 nitrogen and oxygen atoms in total. The summed E-state index contributed by atoms with van der Waals surface area (Å²) in [4.78, 5) is 24.9. The smallest absolute Gasteiger partial charge is 0.306 e. The zero-order valence-electron chi connectivity index (χ0n) is 31.9. The lowest BCUT2D eigenvalue weighted by Crippen LogP contribution is -2.37. The maximum Gasteiger partial charge on any atom is 0.306 e. The molecule has 0 radical (unpaired) electrons. The van der Waals surface area contributed by atoms with Crippen LogP contribution in [-0.4, -0.2) is 70.7 Å². The molecular formula is C39H76NO7P. The van der Waals surface area contributed by atoms with E-state index >= 15 is 0 Å². The number of carbonyl (C=O) groups is 1. The van der Waals surface area contributed by atoms with E-state index in [4.69, 9.17) is 18.5 Å². The SMILES string of the molecule is CCC/C=C\C/C=C\CCCCCCCC(=O)OC(COCCCCCCCCCCCCCCC)COP(=O)([O-])OCC[N+](C)(C)C. The van der Waals surface area contributed by atoms with Crippen LogP contribution >= 0.6 is 7.82 Å². The lowest BCUT2D eigenvalue weighted by Gasteiger charge is -2.28. The minimum absolute atomic E-state index is 0.0248. The van der Waals surface area contributed by atoms with E-state index in [9.17, 15) is 14.3 Å². The molecule has 2 atom stereocenters. The molecule has 0 spiro atoms. The third kappa shape index (κ3) is 36.3. The van der Waals surface area contributed by atoms with Gasteiger partial charge >= 0.3 is 5.97 Å². The number of phosphoric acid groups is 1. The van der Waals surface area contributed by atoms with Crippen LogP contribution in [0.5, 0.6) is 0 Å². The van der Waals surface area contributed by atoms with E-state index in [2.05, 4.69) is 38.2 Å². The third-order valence-electron chi connectivity index (χ3n) is 8.24. The van der Waals surface area contributed by atoms with Crippen molar-refractivity contribution in [1.29, 1.82) is 0 Å². The Kier molecular flexibility index (Phi) is 32.4. The van der Waals surface area contributed by atoms with Crippen molar-refractivity contribution in [1.82, 2.24) is 0 Å². The predicted molar refractivity (Wildman–Crippen MR) is 199 cm³/mol. The van der Waals surface area contributed by atoms with Gasteiger partial charge in [-0.3, -0.25) is 9.36 Å². The van der Waals surface area contributed by atoms with Crippen LogP contribution in [0.1, 0.15) is 162 Å². The van der Waals surface area contributed by atoms with E-state index in [1.807, 2.05) is 21.1 Å². The average Bonchev–Trinajstić information content (AvgIpc) is 3.03. The molecule has 48 heavy (non-hydrogen) atoms. The number of nitrogens with zero attached hydrogens (tertiary/aromatic N) is 1. The lowest BCUT2D eigenvalue weighted by atomic mass is 10.0. The highest BCUT2D eigenvalue weighted by Gasteiger charge is 2.20. The summed E-state index contributed by atoms with van der Waals surface area (Å²) in [5, 5.41) is 0. The fraction of sp³-hybridized carbons (Fsp3) is 0.872. The Balaban J connectivity index is 4.31. The Morgan fingerprint density at radius 3 is 1.77 bits per heavy atom. The highest BCUT2D eigenvalue weighted by atomic mass is 31.2. The van der Waals surface area contributed by atoms with Gasteiger partial charge in [0.05, 0.1) is 34.4 Å². The number of likely N-dealkylation sites (N-methyl/N-ethyl adjacent to an activating group) is 1. The van der Waals surface area contributed by atoms with Crippen LogP contribution in [0.3, 0.4) is 0 Å². The number of hydrogen-bond donors (Lipinski definition) is 0. The van der Waals surface area contributed by atoms with Crippen molar-refractivity contribution in [3.8, 4) is 0 Å². The Hall–Kier alpha value is -1.02. The molecule has 0 heterocycles. The molecule has 0 aromatic carbocycles. The minimum atomic E-state index is -4.52. The molecule has 0 aliphatic carbocycles. The summed E-state index contributed by atoms with van der Waals surface area (Å²) >= 11 is 0. The normalized spacial score (nSPS) is 14.2. The van der Waals surface area contributed by atoms with Gasteiger partial charge in [-0.15, -0.1) is 0 Å². The van der Waals surface area contributed by atoms with Crippen LogP contribution in [0.4, 0.5) is 0 Å². The lowest BCUT2D eigenvalue weighted by molar-refractivity contribution is -0.870. The summed E-state index contributed by atoms with van der Waals surface area (Å²) < 4.78 is 34.4.